The molecule has 0 saturated carbocycles. The van der Waals surface area contributed by atoms with Gasteiger partial charge in [-0.3, -0.25) is 0 Å². The predicted molar refractivity (Wildman–Crippen MR) is 78.5 cm³/mol. The van der Waals surface area contributed by atoms with Crippen molar-refractivity contribution in [1.82, 2.24) is 0 Å². The van der Waals surface area contributed by atoms with Crippen molar-refractivity contribution in [2.75, 3.05) is 0 Å². The first-order chi connectivity index (χ1) is 9.54. The van der Waals surface area contributed by atoms with Gasteiger partial charge >= 0.3 is 0 Å². The maximum absolute atomic E-state index is 13.1. The molecule has 20 heavy (non-hydrogen) atoms. The van der Waals surface area contributed by atoms with Gasteiger partial charge in [0.15, 0.2) is 0 Å². The van der Waals surface area contributed by atoms with E-state index in [2.05, 4.69) is 15.9 Å². The SMILES string of the molecule is O[C@@H]1CC(c2ccc(F)cc2Cl)Oc2cc(Br)ccc21. The summed E-state index contributed by atoms with van der Waals surface area (Å²) in [6, 6.07) is 9.68. The highest BCUT2D eigenvalue weighted by molar-refractivity contribution is 9.10. The summed E-state index contributed by atoms with van der Waals surface area (Å²) in [7, 11) is 0. The Balaban J connectivity index is 1.98. The van der Waals surface area contributed by atoms with Crippen LogP contribution in [0.4, 0.5) is 4.39 Å². The molecule has 1 aliphatic rings. The summed E-state index contributed by atoms with van der Waals surface area (Å²) >= 11 is 9.43. The molecular formula is C15H11BrClFO2. The average Bonchev–Trinajstić information content (AvgIpc) is 2.37. The molecule has 0 bridgehead atoms. The predicted octanol–water partition coefficient (Wildman–Crippen LogP) is 4.80. The van der Waals surface area contributed by atoms with E-state index in [4.69, 9.17) is 16.3 Å². The van der Waals surface area contributed by atoms with Gasteiger partial charge in [-0.25, -0.2) is 4.39 Å². The Labute approximate surface area is 129 Å². The van der Waals surface area contributed by atoms with Gasteiger partial charge in [0.25, 0.3) is 0 Å². The molecule has 5 heteroatoms. The summed E-state index contributed by atoms with van der Waals surface area (Å²) in [6.07, 6.45) is -0.627. The van der Waals surface area contributed by atoms with E-state index in [1.165, 1.54) is 12.1 Å². The Morgan fingerprint density at radius 1 is 1.20 bits per heavy atom. The molecule has 104 valence electrons. The minimum absolute atomic E-state index is 0.306. The summed E-state index contributed by atoms with van der Waals surface area (Å²) in [5, 5.41) is 10.5. The van der Waals surface area contributed by atoms with Crippen LogP contribution in [0.5, 0.6) is 5.75 Å². The van der Waals surface area contributed by atoms with Gasteiger partial charge in [-0.2, -0.15) is 0 Å². The van der Waals surface area contributed by atoms with Crippen molar-refractivity contribution in [2.45, 2.75) is 18.6 Å². The van der Waals surface area contributed by atoms with Crippen LogP contribution >= 0.6 is 27.5 Å². The van der Waals surface area contributed by atoms with Crippen molar-refractivity contribution in [3.05, 3.63) is 62.8 Å². The van der Waals surface area contributed by atoms with E-state index < -0.39 is 11.9 Å². The summed E-state index contributed by atoms with van der Waals surface area (Å²) in [5.74, 6) is 0.224. The minimum Gasteiger partial charge on any atom is -0.485 e. The molecule has 1 heterocycles. The molecule has 0 radical (unpaired) electrons. The number of aliphatic hydroxyl groups is 1. The molecule has 0 aromatic heterocycles. The lowest BCUT2D eigenvalue weighted by atomic mass is 9.95. The van der Waals surface area contributed by atoms with Gasteiger partial charge in [-0.15, -0.1) is 0 Å². The number of halogens is 3. The molecule has 0 aliphatic carbocycles. The van der Waals surface area contributed by atoms with E-state index in [1.54, 1.807) is 6.07 Å². The molecule has 0 amide bonds. The average molecular weight is 358 g/mol. The number of hydrogen-bond acceptors (Lipinski definition) is 2. The molecule has 1 unspecified atom stereocenters. The second-order valence-electron chi connectivity index (χ2n) is 4.71. The maximum Gasteiger partial charge on any atom is 0.128 e. The van der Waals surface area contributed by atoms with E-state index >= 15 is 0 Å². The molecule has 0 fully saturated rings. The lowest BCUT2D eigenvalue weighted by molar-refractivity contribution is 0.0657. The number of ether oxygens (including phenoxy) is 1. The molecule has 1 N–H and O–H groups in total. The molecule has 0 spiro atoms. The highest BCUT2D eigenvalue weighted by Crippen LogP contribution is 2.43. The standard InChI is InChI=1S/C15H11BrClFO2/c16-8-1-3-11-13(19)7-15(20-14(11)5-8)10-4-2-9(18)6-12(10)17/h1-6,13,15,19H,7H2/t13-,15?/m1/s1. The Bertz CT molecular complexity index is 662. The Morgan fingerprint density at radius 3 is 2.70 bits per heavy atom. The fourth-order valence-corrected chi connectivity index (χ4v) is 3.00. The fraction of sp³-hybridized carbons (Fsp3) is 0.200. The first-order valence-corrected chi connectivity index (χ1v) is 7.31. The summed E-state index contributed by atoms with van der Waals surface area (Å²) in [4.78, 5) is 0. The quantitative estimate of drug-likeness (QED) is 0.794. The molecule has 2 aromatic carbocycles. The number of hydrogen-bond donors (Lipinski definition) is 1. The van der Waals surface area contributed by atoms with Crippen LogP contribution in [-0.4, -0.2) is 5.11 Å². The zero-order valence-corrected chi connectivity index (χ0v) is 12.7. The highest BCUT2D eigenvalue weighted by Gasteiger charge is 2.29. The number of aliphatic hydroxyl groups excluding tert-OH is 1. The smallest absolute Gasteiger partial charge is 0.128 e. The van der Waals surface area contributed by atoms with E-state index in [0.717, 1.165) is 10.0 Å². The molecule has 2 nitrogen and oxygen atoms in total. The van der Waals surface area contributed by atoms with Gasteiger partial charge in [-0.1, -0.05) is 39.7 Å². The third-order valence-electron chi connectivity index (χ3n) is 3.35. The molecule has 1 aliphatic heterocycles. The van der Waals surface area contributed by atoms with Crippen LogP contribution in [0, 0.1) is 5.82 Å². The number of benzene rings is 2. The van der Waals surface area contributed by atoms with Gasteiger partial charge in [-0.05, 0) is 24.3 Å². The monoisotopic (exact) mass is 356 g/mol. The van der Waals surface area contributed by atoms with Gasteiger partial charge in [0.2, 0.25) is 0 Å². The lowest BCUT2D eigenvalue weighted by Gasteiger charge is -2.30. The maximum atomic E-state index is 13.1. The lowest BCUT2D eigenvalue weighted by Crippen LogP contribution is -2.19. The Morgan fingerprint density at radius 2 is 1.95 bits per heavy atom. The summed E-state index contributed by atoms with van der Waals surface area (Å²) in [6.45, 7) is 0. The molecule has 2 atom stereocenters. The Kier molecular flexibility index (Phi) is 3.71. The van der Waals surface area contributed by atoms with Crippen LogP contribution in [0.25, 0.3) is 0 Å². The normalized spacial score (nSPS) is 21.2. The molecule has 3 rings (SSSR count). The van der Waals surface area contributed by atoms with E-state index in [-0.39, 0.29) is 6.10 Å². The largest absolute Gasteiger partial charge is 0.485 e. The summed E-state index contributed by atoms with van der Waals surface area (Å²) in [5.41, 5.74) is 1.43. The first-order valence-electron chi connectivity index (χ1n) is 6.13. The van der Waals surface area contributed by atoms with Crippen LogP contribution in [0.3, 0.4) is 0 Å². The zero-order chi connectivity index (χ0) is 14.3. The van der Waals surface area contributed by atoms with Gasteiger partial charge in [0.05, 0.1) is 11.1 Å². The number of rotatable bonds is 1. The third-order valence-corrected chi connectivity index (χ3v) is 4.17. The second-order valence-corrected chi connectivity index (χ2v) is 6.03. The summed E-state index contributed by atoms with van der Waals surface area (Å²) < 4.78 is 19.9. The second kappa shape index (κ2) is 5.35. The van der Waals surface area contributed by atoms with Crippen LogP contribution in [0.1, 0.15) is 29.8 Å². The molecular weight excluding hydrogens is 347 g/mol. The van der Waals surface area contributed by atoms with Crippen molar-refractivity contribution in [1.29, 1.82) is 0 Å². The van der Waals surface area contributed by atoms with Crippen LogP contribution in [0.2, 0.25) is 5.02 Å². The molecule has 2 aromatic rings. The van der Waals surface area contributed by atoms with Crippen molar-refractivity contribution in [2.24, 2.45) is 0 Å². The van der Waals surface area contributed by atoms with Crippen molar-refractivity contribution in [3.63, 3.8) is 0 Å². The van der Waals surface area contributed by atoms with Crippen LogP contribution < -0.4 is 4.74 Å². The highest BCUT2D eigenvalue weighted by atomic mass is 79.9. The minimum atomic E-state index is -0.627. The fourth-order valence-electron chi connectivity index (χ4n) is 2.37. The van der Waals surface area contributed by atoms with Crippen molar-refractivity contribution < 1.29 is 14.2 Å². The van der Waals surface area contributed by atoms with Gasteiger partial charge < -0.3 is 9.84 Å². The molecule has 0 saturated heterocycles. The zero-order valence-electron chi connectivity index (χ0n) is 10.3. The van der Waals surface area contributed by atoms with Gasteiger partial charge in [0, 0.05) is 22.0 Å². The Hall–Kier alpha value is -1.10. The number of fused-ring (bicyclic) bond motifs is 1. The van der Waals surface area contributed by atoms with E-state index in [9.17, 15) is 9.50 Å². The van der Waals surface area contributed by atoms with E-state index in [1.807, 2.05) is 18.2 Å². The van der Waals surface area contributed by atoms with E-state index in [0.29, 0.717) is 22.8 Å². The topological polar surface area (TPSA) is 29.5 Å². The first kappa shape index (κ1) is 13.9. The van der Waals surface area contributed by atoms with Crippen molar-refractivity contribution in [3.8, 4) is 5.75 Å². The van der Waals surface area contributed by atoms with Crippen molar-refractivity contribution >= 4 is 27.5 Å². The van der Waals surface area contributed by atoms with Gasteiger partial charge in [0.1, 0.15) is 17.7 Å². The third kappa shape index (κ3) is 2.55. The van der Waals surface area contributed by atoms with Crippen LogP contribution in [0.15, 0.2) is 40.9 Å². The van der Waals surface area contributed by atoms with Crippen LogP contribution in [-0.2, 0) is 0 Å².